The molecule has 0 aliphatic heterocycles. The zero-order valence-electron chi connectivity index (χ0n) is 19.0. The van der Waals surface area contributed by atoms with Crippen molar-refractivity contribution in [1.82, 2.24) is 9.97 Å². The summed E-state index contributed by atoms with van der Waals surface area (Å²) in [6.45, 7) is 2.43. The number of methoxy groups -OCH3 is 1. The Morgan fingerprint density at radius 2 is 1.79 bits per heavy atom. The van der Waals surface area contributed by atoms with E-state index in [1.54, 1.807) is 0 Å². The molecule has 8 heteroatoms. The largest absolute Gasteiger partial charge is 0.496 e. The molecular weight excluding hydrogens is 439 g/mol. The molecule has 0 radical (unpaired) electrons. The number of hydrogen-bond donors (Lipinski definition) is 0. The van der Waals surface area contributed by atoms with Crippen molar-refractivity contribution in [2.24, 2.45) is 0 Å². The molecule has 1 aromatic heterocycles. The Kier molecular flexibility index (Phi) is 8.85. The summed E-state index contributed by atoms with van der Waals surface area (Å²) < 4.78 is 30.3. The summed E-state index contributed by atoms with van der Waals surface area (Å²) in [7, 11) is 1.34. The third-order valence-corrected chi connectivity index (χ3v) is 4.79. The highest BCUT2D eigenvalue weighted by Crippen LogP contribution is 2.29. The molecule has 7 nitrogen and oxygen atoms in total. The van der Waals surface area contributed by atoms with Crippen LogP contribution in [0.15, 0.2) is 60.9 Å². The van der Waals surface area contributed by atoms with Gasteiger partial charge >= 0.3 is 11.9 Å². The van der Waals surface area contributed by atoms with Gasteiger partial charge in [-0.1, -0.05) is 43.7 Å². The molecular formula is C26H25FN2O5. The van der Waals surface area contributed by atoms with E-state index < -0.39 is 17.8 Å². The van der Waals surface area contributed by atoms with Gasteiger partial charge in [0.1, 0.15) is 23.7 Å². The Bertz CT molecular complexity index is 1150. The number of carbonyl (C=O) groups excluding carboxylic acids is 2. The molecule has 0 aliphatic carbocycles. The average molecular weight is 464 g/mol. The molecule has 0 N–H and O–H groups in total. The fourth-order valence-electron chi connectivity index (χ4n) is 2.95. The predicted octanol–water partition coefficient (Wildman–Crippen LogP) is 5.00. The first-order valence-corrected chi connectivity index (χ1v) is 10.8. The summed E-state index contributed by atoms with van der Waals surface area (Å²) in [4.78, 5) is 32.7. The zero-order valence-corrected chi connectivity index (χ0v) is 19.0. The van der Waals surface area contributed by atoms with E-state index in [0.717, 1.165) is 24.5 Å². The van der Waals surface area contributed by atoms with Gasteiger partial charge in [0.05, 0.1) is 19.3 Å². The molecule has 1 heterocycles. The maximum atomic E-state index is 14.7. The second-order valence-electron chi connectivity index (χ2n) is 7.29. The Morgan fingerprint density at radius 1 is 1.06 bits per heavy atom. The molecule has 0 aliphatic rings. The molecule has 0 bridgehead atoms. The van der Waals surface area contributed by atoms with Crippen molar-refractivity contribution < 1.29 is 28.2 Å². The molecule has 0 saturated carbocycles. The Morgan fingerprint density at radius 3 is 2.47 bits per heavy atom. The second-order valence-corrected chi connectivity index (χ2v) is 7.29. The summed E-state index contributed by atoms with van der Waals surface area (Å²) in [5, 5.41) is 0. The van der Waals surface area contributed by atoms with Crippen molar-refractivity contribution in [1.29, 1.82) is 0 Å². The van der Waals surface area contributed by atoms with Crippen molar-refractivity contribution in [3.63, 3.8) is 0 Å². The number of nitrogens with zero attached hydrogens (tertiary/aromatic N) is 2. The van der Waals surface area contributed by atoms with E-state index in [-0.39, 0.29) is 29.3 Å². The lowest BCUT2D eigenvalue weighted by Crippen LogP contribution is -2.08. The minimum atomic E-state index is -0.664. The van der Waals surface area contributed by atoms with Gasteiger partial charge in [-0.15, -0.1) is 0 Å². The molecule has 3 rings (SSSR count). The number of ether oxygens (including phenoxy) is 3. The van der Waals surface area contributed by atoms with E-state index in [9.17, 15) is 14.0 Å². The number of rotatable bonds is 10. The molecule has 0 atom stereocenters. The van der Waals surface area contributed by atoms with Crippen LogP contribution in [-0.4, -0.2) is 35.6 Å². The molecule has 0 fully saturated rings. The van der Waals surface area contributed by atoms with Crippen LogP contribution in [0.2, 0.25) is 0 Å². The zero-order chi connectivity index (χ0) is 24.3. The summed E-state index contributed by atoms with van der Waals surface area (Å²) in [5.41, 5.74) is 1.42. The van der Waals surface area contributed by atoms with Crippen molar-refractivity contribution in [2.75, 3.05) is 13.7 Å². The highest BCUT2D eigenvalue weighted by atomic mass is 19.1. The maximum Gasteiger partial charge on any atom is 0.342 e. The van der Waals surface area contributed by atoms with Gasteiger partial charge in [0, 0.05) is 30.1 Å². The molecule has 0 unspecified atom stereocenters. The van der Waals surface area contributed by atoms with Crippen LogP contribution in [0, 0.1) is 5.82 Å². The third kappa shape index (κ3) is 6.71. The van der Waals surface area contributed by atoms with E-state index in [1.807, 2.05) is 37.3 Å². The van der Waals surface area contributed by atoms with E-state index in [0.29, 0.717) is 12.2 Å². The third-order valence-electron chi connectivity index (χ3n) is 4.79. The lowest BCUT2D eigenvalue weighted by atomic mass is 10.1. The van der Waals surface area contributed by atoms with Crippen LogP contribution in [-0.2, 0) is 20.9 Å². The normalized spacial score (nSPS) is 10.8. The van der Waals surface area contributed by atoms with Gasteiger partial charge in [-0.2, -0.15) is 0 Å². The van der Waals surface area contributed by atoms with Crippen LogP contribution in [0.3, 0.4) is 0 Å². The molecule has 0 amide bonds. The van der Waals surface area contributed by atoms with Gasteiger partial charge in [-0.25, -0.2) is 23.9 Å². The lowest BCUT2D eigenvalue weighted by Gasteiger charge is -2.11. The van der Waals surface area contributed by atoms with Gasteiger partial charge < -0.3 is 14.2 Å². The highest BCUT2D eigenvalue weighted by molar-refractivity contribution is 5.94. The first-order chi connectivity index (χ1) is 16.5. The van der Waals surface area contributed by atoms with E-state index in [2.05, 4.69) is 9.97 Å². The molecule has 0 saturated heterocycles. The molecule has 34 heavy (non-hydrogen) atoms. The van der Waals surface area contributed by atoms with Gasteiger partial charge in [0.2, 0.25) is 0 Å². The first-order valence-electron chi connectivity index (χ1n) is 10.8. The topological polar surface area (TPSA) is 87.6 Å². The fourth-order valence-corrected chi connectivity index (χ4v) is 2.95. The van der Waals surface area contributed by atoms with Crippen molar-refractivity contribution >= 4 is 18.0 Å². The van der Waals surface area contributed by atoms with Crippen molar-refractivity contribution in [3.8, 4) is 17.1 Å². The summed E-state index contributed by atoms with van der Waals surface area (Å²) in [6.07, 6.45) is 7.40. The van der Waals surface area contributed by atoms with Gasteiger partial charge in [-0.05, 0) is 24.1 Å². The van der Waals surface area contributed by atoms with Crippen LogP contribution in [0.25, 0.3) is 17.5 Å². The van der Waals surface area contributed by atoms with Crippen molar-refractivity contribution in [2.45, 2.75) is 26.4 Å². The molecule has 2 aromatic carbocycles. The number of carbonyl (C=O) groups is 2. The highest BCUT2D eigenvalue weighted by Gasteiger charge is 2.20. The fraction of sp³-hybridized carbons (Fsp3) is 0.231. The minimum absolute atomic E-state index is 0.0157. The quantitative estimate of drug-likeness (QED) is 0.237. The predicted molar refractivity (Wildman–Crippen MR) is 124 cm³/mol. The van der Waals surface area contributed by atoms with E-state index in [4.69, 9.17) is 14.2 Å². The second kappa shape index (κ2) is 12.2. The number of halogens is 1. The monoisotopic (exact) mass is 464 g/mol. The van der Waals surface area contributed by atoms with Gasteiger partial charge in [0.15, 0.2) is 5.82 Å². The van der Waals surface area contributed by atoms with Crippen LogP contribution in [0.5, 0.6) is 5.75 Å². The minimum Gasteiger partial charge on any atom is -0.496 e. The van der Waals surface area contributed by atoms with Crippen LogP contribution < -0.4 is 4.74 Å². The van der Waals surface area contributed by atoms with Crippen LogP contribution in [0.4, 0.5) is 4.39 Å². The van der Waals surface area contributed by atoms with Crippen LogP contribution in [0.1, 0.15) is 41.3 Å². The molecule has 3 aromatic rings. The Labute approximate surface area is 197 Å². The number of hydrogen-bond acceptors (Lipinski definition) is 7. The lowest BCUT2D eigenvalue weighted by molar-refractivity contribution is -0.137. The number of benzene rings is 2. The summed E-state index contributed by atoms with van der Waals surface area (Å²) in [6, 6.07) is 11.6. The number of esters is 2. The van der Waals surface area contributed by atoms with E-state index in [1.165, 1.54) is 37.7 Å². The SMILES string of the molecule is CCCCOC(=O)/C=C/c1cnc(-c2cc(C(=O)OCc3ccccc3)c(OC)cc2F)nc1. The Hall–Kier alpha value is -4.07. The molecule has 0 spiro atoms. The average Bonchev–Trinajstić information content (AvgIpc) is 2.87. The van der Waals surface area contributed by atoms with Gasteiger partial charge in [0.25, 0.3) is 0 Å². The number of unbranched alkanes of at least 4 members (excludes halogenated alkanes) is 1. The van der Waals surface area contributed by atoms with Crippen LogP contribution >= 0.6 is 0 Å². The van der Waals surface area contributed by atoms with Crippen molar-refractivity contribution in [3.05, 3.63) is 83.4 Å². The smallest absolute Gasteiger partial charge is 0.342 e. The number of aromatic nitrogens is 2. The van der Waals surface area contributed by atoms with E-state index >= 15 is 0 Å². The Balaban J connectivity index is 1.76. The summed E-state index contributed by atoms with van der Waals surface area (Å²) in [5.74, 6) is -1.67. The standard InChI is InChI=1S/C26H25FN2O5/c1-3-4-12-33-24(30)11-10-19-15-28-25(29-16-19)20-13-21(23(32-2)14-22(20)27)26(31)34-17-18-8-6-5-7-9-18/h5-11,13-16H,3-4,12,17H2,1-2H3/b11-10+. The molecule has 176 valence electrons. The van der Waals surface area contributed by atoms with Gasteiger partial charge in [-0.3, -0.25) is 0 Å². The first kappa shape index (κ1) is 24.6. The summed E-state index contributed by atoms with van der Waals surface area (Å²) >= 11 is 0. The maximum absolute atomic E-state index is 14.7.